The zero-order valence-electron chi connectivity index (χ0n) is 17.0. The summed E-state index contributed by atoms with van der Waals surface area (Å²) in [5, 5.41) is 3.54. The van der Waals surface area contributed by atoms with Crippen LogP contribution in [-0.2, 0) is 6.54 Å². The predicted octanol–water partition coefficient (Wildman–Crippen LogP) is 3.37. The highest BCUT2D eigenvalue weighted by Crippen LogP contribution is 2.34. The summed E-state index contributed by atoms with van der Waals surface area (Å²) in [6, 6.07) is 7.39. The Labute approximate surface area is 172 Å². The first kappa shape index (κ1) is 20.6. The first-order chi connectivity index (χ1) is 13.8. The van der Waals surface area contributed by atoms with Crippen molar-refractivity contribution in [2.75, 3.05) is 14.2 Å². The highest BCUT2D eigenvalue weighted by molar-refractivity contribution is 7.17. The third-order valence-corrected chi connectivity index (χ3v) is 5.76. The van der Waals surface area contributed by atoms with Crippen molar-refractivity contribution in [1.29, 1.82) is 0 Å². The molecule has 8 heteroatoms. The standard InChI is InChI=1S/C21H23N3O4S/c1-11-8-12(2)23-19(25)15(11)10-22-20(26)18-13(3)24-21(29-18)14-6-7-16(27-4)17(9-14)28-5/h6-9H,10H2,1-5H3,(H,22,26)(H,23,25). The summed E-state index contributed by atoms with van der Waals surface area (Å²) in [7, 11) is 3.15. The summed E-state index contributed by atoms with van der Waals surface area (Å²) in [6.45, 7) is 5.63. The lowest BCUT2D eigenvalue weighted by molar-refractivity contribution is 0.0954. The number of methoxy groups -OCH3 is 2. The van der Waals surface area contributed by atoms with Gasteiger partial charge in [0.2, 0.25) is 0 Å². The molecule has 0 saturated carbocycles. The zero-order chi connectivity index (χ0) is 21.1. The number of aryl methyl sites for hydroxylation is 3. The van der Waals surface area contributed by atoms with Crippen LogP contribution in [0.3, 0.4) is 0 Å². The Morgan fingerprint density at radius 3 is 2.52 bits per heavy atom. The molecule has 152 valence electrons. The number of thiazole rings is 1. The van der Waals surface area contributed by atoms with Gasteiger partial charge < -0.3 is 19.8 Å². The van der Waals surface area contributed by atoms with E-state index >= 15 is 0 Å². The molecule has 0 aliphatic carbocycles. The van der Waals surface area contributed by atoms with Crippen LogP contribution in [0.1, 0.15) is 32.2 Å². The van der Waals surface area contributed by atoms with Crippen molar-refractivity contribution < 1.29 is 14.3 Å². The van der Waals surface area contributed by atoms with Crippen LogP contribution in [0, 0.1) is 20.8 Å². The van der Waals surface area contributed by atoms with Gasteiger partial charge in [-0.3, -0.25) is 9.59 Å². The van der Waals surface area contributed by atoms with Crippen molar-refractivity contribution in [2.45, 2.75) is 27.3 Å². The fourth-order valence-electron chi connectivity index (χ4n) is 3.05. The van der Waals surface area contributed by atoms with Crippen LogP contribution in [0.25, 0.3) is 10.6 Å². The topological polar surface area (TPSA) is 93.3 Å². The molecule has 0 atom stereocenters. The molecule has 29 heavy (non-hydrogen) atoms. The van der Waals surface area contributed by atoms with Gasteiger partial charge in [-0.1, -0.05) is 0 Å². The molecule has 2 N–H and O–H groups in total. The lowest BCUT2D eigenvalue weighted by Crippen LogP contribution is -2.27. The summed E-state index contributed by atoms with van der Waals surface area (Å²) in [4.78, 5) is 32.6. The number of carbonyl (C=O) groups is 1. The van der Waals surface area contributed by atoms with Gasteiger partial charge in [-0.05, 0) is 50.6 Å². The second kappa shape index (κ2) is 8.48. The number of pyridine rings is 1. The second-order valence-electron chi connectivity index (χ2n) is 6.63. The molecule has 0 aliphatic heterocycles. The molecular formula is C21H23N3O4S. The maximum absolute atomic E-state index is 12.7. The molecule has 2 heterocycles. The molecule has 0 radical (unpaired) electrons. The number of carbonyl (C=O) groups excluding carboxylic acids is 1. The number of aromatic amines is 1. The molecule has 1 aromatic carbocycles. The summed E-state index contributed by atoms with van der Waals surface area (Å²) < 4.78 is 10.6. The minimum absolute atomic E-state index is 0.156. The van der Waals surface area contributed by atoms with Gasteiger partial charge in [0.15, 0.2) is 11.5 Å². The summed E-state index contributed by atoms with van der Waals surface area (Å²) in [6.07, 6.45) is 0. The van der Waals surface area contributed by atoms with Crippen molar-refractivity contribution in [3.05, 3.63) is 62.0 Å². The van der Waals surface area contributed by atoms with Crippen LogP contribution in [-0.4, -0.2) is 30.1 Å². The molecule has 0 fully saturated rings. The maximum Gasteiger partial charge on any atom is 0.263 e. The third kappa shape index (κ3) is 4.32. The van der Waals surface area contributed by atoms with E-state index in [4.69, 9.17) is 9.47 Å². The Morgan fingerprint density at radius 2 is 1.86 bits per heavy atom. The molecular weight excluding hydrogens is 390 g/mol. The van der Waals surface area contributed by atoms with Crippen molar-refractivity contribution in [2.24, 2.45) is 0 Å². The van der Waals surface area contributed by atoms with E-state index in [2.05, 4.69) is 15.3 Å². The first-order valence-corrected chi connectivity index (χ1v) is 9.83. The van der Waals surface area contributed by atoms with Gasteiger partial charge in [0.05, 0.1) is 19.9 Å². The van der Waals surface area contributed by atoms with E-state index < -0.39 is 0 Å². The number of ether oxygens (including phenoxy) is 2. The van der Waals surface area contributed by atoms with E-state index in [-0.39, 0.29) is 18.0 Å². The molecule has 0 aliphatic rings. The number of benzene rings is 1. The van der Waals surface area contributed by atoms with Gasteiger partial charge in [0.1, 0.15) is 9.88 Å². The molecule has 1 amide bonds. The fraction of sp³-hybridized carbons (Fsp3) is 0.286. The molecule has 3 rings (SSSR count). The smallest absolute Gasteiger partial charge is 0.263 e. The number of H-pyrrole nitrogens is 1. The van der Waals surface area contributed by atoms with Gasteiger partial charge in [-0.25, -0.2) is 4.98 Å². The van der Waals surface area contributed by atoms with Crippen molar-refractivity contribution >= 4 is 17.2 Å². The van der Waals surface area contributed by atoms with Gasteiger partial charge >= 0.3 is 0 Å². The number of hydrogen-bond acceptors (Lipinski definition) is 6. The zero-order valence-corrected chi connectivity index (χ0v) is 17.8. The van der Waals surface area contributed by atoms with Crippen molar-refractivity contribution in [1.82, 2.24) is 15.3 Å². The third-order valence-electron chi connectivity index (χ3n) is 4.55. The van der Waals surface area contributed by atoms with Crippen LogP contribution in [0.4, 0.5) is 0 Å². The monoisotopic (exact) mass is 413 g/mol. The number of amides is 1. The Bertz CT molecular complexity index is 1120. The Hall–Kier alpha value is -3.13. The quantitative estimate of drug-likeness (QED) is 0.646. The van der Waals surface area contributed by atoms with E-state index in [1.54, 1.807) is 27.2 Å². The highest BCUT2D eigenvalue weighted by Gasteiger charge is 2.18. The predicted molar refractivity (Wildman–Crippen MR) is 113 cm³/mol. The van der Waals surface area contributed by atoms with Crippen molar-refractivity contribution in [3.63, 3.8) is 0 Å². The summed E-state index contributed by atoms with van der Waals surface area (Å²) >= 11 is 1.29. The minimum atomic E-state index is -0.258. The Balaban J connectivity index is 1.82. The number of nitrogens with zero attached hydrogens (tertiary/aromatic N) is 1. The molecule has 0 unspecified atom stereocenters. The maximum atomic E-state index is 12.7. The molecule has 3 aromatic rings. The summed E-state index contributed by atoms with van der Waals surface area (Å²) in [5.74, 6) is 0.963. The lowest BCUT2D eigenvalue weighted by Gasteiger charge is -2.08. The van der Waals surface area contributed by atoms with Crippen LogP contribution in [0.15, 0.2) is 29.1 Å². The van der Waals surface area contributed by atoms with E-state index in [1.165, 1.54) is 11.3 Å². The molecule has 0 saturated heterocycles. The number of hydrogen-bond donors (Lipinski definition) is 2. The average Bonchev–Trinajstić information content (AvgIpc) is 3.08. The minimum Gasteiger partial charge on any atom is -0.493 e. The number of rotatable bonds is 6. The van der Waals surface area contributed by atoms with E-state index in [0.29, 0.717) is 32.6 Å². The number of aromatic nitrogens is 2. The van der Waals surface area contributed by atoms with Gasteiger partial charge in [0, 0.05) is 23.4 Å². The molecule has 0 bridgehead atoms. The average molecular weight is 413 g/mol. The van der Waals surface area contributed by atoms with Crippen LogP contribution in [0.2, 0.25) is 0 Å². The lowest BCUT2D eigenvalue weighted by atomic mass is 10.1. The van der Waals surface area contributed by atoms with Crippen molar-refractivity contribution in [3.8, 4) is 22.1 Å². The van der Waals surface area contributed by atoms with Gasteiger partial charge in [0.25, 0.3) is 11.5 Å². The van der Waals surface area contributed by atoms with E-state index in [9.17, 15) is 9.59 Å². The molecule has 7 nitrogen and oxygen atoms in total. The first-order valence-electron chi connectivity index (χ1n) is 9.01. The fourth-order valence-corrected chi connectivity index (χ4v) is 4.03. The summed E-state index contributed by atoms with van der Waals surface area (Å²) in [5.41, 5.74) is 3.47. The van der Waals surface area contributed by atoms with Crippen LogP contribution >= 0.6 is 11.3 Å². The Kier molecular flexibility index (Phi) is 6.03. The Morgan fingerprint density at radius 1 is 1.14 bits per heavy atom. The largest absolute Gasteiger partial charge is 0.493 e. The second-order valence-corrected chi connectivity index (χ2v) is 7.63. The van der Waals surface area contributed by atoms with E-state index in [1.807, 2.05) is 32.0 Å². The highest BCUT2D eigenvalue weighted by atomic mass is 32.1. The normalized spacial score (nSPS) is 10.7. The molecule has 0 spiro atoms. The SMILES string of the molecule is COc1ccc(-c2nc(C)c(C(=O)NCc3c(C)cc(C)[nH]c3=O)s2)cc1OC. The van der Waals surface area contributed by atoms with Gasteiger partial charge in [-0.2, -0.15) is 0 Å². The van der Waals surface area contributed by atoms with Crippen LogP contribution < -0.4 is 20.3 Å². The van der Waals surface area contributed by atoms with Gasteiger partial charge in [-0.15, -0.1) is 11.3 Å². The number of nitrogens with one attached hydrogen (secondary N) is 2. The molecule has 2 aromatic heterocycles. The van der Waals surface area contributed by atoms with Crippen LogP contribution in [0.5, 0.6) is 11.5 Å². The van der Waals surface area contributed by atoms with E-state index in [0.717, 1.165) is 16.8 Å².